The van der Waals surface area contributed by atoms with E-state index in [1.165, 1.54) is 6.07 Å². The van der Waals surface area contributed by atoms with E-state index in [0.29, 0.717) is 5.56 Å². The molecule has 1 rings (SSSR count). The second-order valence-corrected chi connectivity index (χ2v) is 5.07. The first-order chi connectivity index (χ1) is 7.81. The average Bonchev–Trinajstić information content (AvgIpc) is 2.27. The average molecular weight is 239 g/mol. The van der Waals surface area contributed by atoms with Crippen molar-refractivity contribution in [1.29, 1.82) is 0 Å². The predicted octanol–water partition coefficient (Wildman–Crippen LogP) is 3.50. The second-order valence-electron chi connectivity index (χ2n) is 5.07. The minimum Gasteiger partial charge on any atom is -0.389 e. The summed E-state index contributed by atoms with van der Waals surface area (Å²) >= 11 is 0. The van der Waals surface area contributed by atoms with E-state index in [0.717, 1.165) is 12.1 Å². The Morgan fingerprint density at radius 3 is 2.47 bits per heavy atom. The SMILES string of the molecule is CCC(C)(C)N(C)c1cccc(F)c1C(C)O. The van der Waals surface area contributed by atoms with Crippen LogP contribution in [0, 0.1) is 5.82 Å². The number of halogens is 1. The van der Waals surface area contributed by atoms with E-state index in [9.17, 15) is 9.50 Å². The van der Waals surface area contributed by atoms with Crippen LogP contribution in [0.25, 0.3) is 0 Å². The third-order valence-corrected chi connectivity index (χ3v) is 3.58. The highest BCUT2D eigenvalue weighted by Gasteiger charge is 2.25. The first kappa shape index (κ1) is 14.0. The maximum Gasteiger partial charge on any atom is 0.131 e. The number of anilines is 1. The van der Waals surface area contributed by atoms with Crippen molar-refractivity contribution in [3.63, 3.8) is 0 Å². The number of aliphatic hydroxyl groups excluding tert-OH is 1. The molecule has 0 bridgehead atoms. The molecule has 1 aromatic carbocycles. The normalized spacial score (nSPS) is 13.6. The van der Waals surface area contributed by atoms with Crippen LogP contribution < -0.4 is 4.90 Å². The Balaban J connectivity index is 3.27. The standard InChI is InChI=1S/C14H22FNO/c1-6-14(3,4)16(5)12-9-7-8-11(15)13(12)10(2)17/h7-10,17H,6H2,1-5H3. The largest absolute Gasteiger partial charge is 0.389 e. The highest BCUT2D eigenvalue weighted by Crippen LogP contribution is 2.32. The lowest BCUT2D eigenvalue weighted by Crippen LogP contribution is -2.41. The molecule has 1 aromatic rings. The van der Waals surface area contributed by atoms with Crippen LogP contribution in [0.3, 0.4) is 0 Å². The van der Waals surface area contributed by atoms with Crippen LogP contribution in [0.4, 0.5) is 10.1 Å². The highest BCUT2D eigenvalue weighted by molar-refractivity contribution is 5.56. The van der Waals surface area contributed by atoms with Crippen molar-refractivity contribution in [3.8, 4) is 0 Å². The van der Waals surface area contributed by atoms with Gasteiger partial charge in [-0.1, -0.05) is 13.0 Å². The van der Waals surface area contributed by atoms with Gasteiger partial charge in [0.1, 0.15) is 5.82 Å². The summed E-state index contributed by atoms with van der Waals surface area (Å²) in [7, 11) is 1.93. The lowest BCUT2D eigenvalue weighted by Gasteiger charge is -2.38. The van der Waals surface area contributed by atoms with E-state index in [1.807, 2.05) is 18.0 Å². The summed E-state index contributed by atoms with van der Waals surface area (Å²) < 4.78 is 13.8. The van der Waals surface area contributed by atoms with Crippen molar-refractivity contribution in [2.45, 2.75) is 45.8 Å². The molecule has 96 valence electrons. The van der Waals surface area contributed by atoms with E-state index in [2.05, 4.69) is 20.8 Å². The lowest BCUT2D eigenvalue weighted by molar-refractivity contribution is 0.194. The van der Waals surface area contributed by atoms with Gasteiger partial charge in [0.05, 0.1) is 6.10 Å². The second kappa shape index (κ2) is 5.05. The van der Waals surface area contributed by atoms with Crippen LogP contribution in [-0.2, 0) is 0 Å². The van der Waals surface area contributed by atoms with E-state index < -0.39 is 6.10 Å². The van der Waals surface area contributed by atoms with Gasteiger partial charge in [0.2, 0.25) is 0 Å². The number of hydrogen-bond acceptors (Lipinski definition) is 2. The molecular formula is C14H22FNO. The minimum atomic E-state index is -0.804. The van der Waals surface area contributed by atoms with Gasteiger partial charge < -0.3 is 10.0 Å². The molecule has 0 aliphatic rings. The van der Waals surface area contributed by atoms with Gasteiger partial charge in [-0.2, -0.15) is 0 Å². The van der Waals surface area contributed by atoms with Gasteiger partial charge in [-0.3, -0.25) is 0 Å². The third kappa shape index (κ3) is 2.78. The number of nitrogens with zero attached hydrogens (tertiary/aromatic N) is 1. The molecular weight excluding hydrogens is 217 g/mol. The monoisotopic (exact) mass is 239 g/mol. The molecule has 0 fully saturated rings. The van der Waals surface area contributed by atoms with Crippen molar-refractivity contribution < 1.29 is 9.50 Å². The molecule has 0 heterocycles. The molecule has 0 aliphatic heterocycles. The van der Waals surface area contributed by atoms with Crippen molar-refractivity contribution in [2.75, 3.05) is 11.9 Å². The van der Waals surface area contributed by atoms with E-state index in [-0.39, 0.29) is 11.4 Å². The van der Waals surface area contributed by atoms with Crippen molar-refractivity contribution in [3.05, 3.63) is 29.6 Å². The van der Waals surface area contributed by atoms with Crippen molar-refractivity contribution in [1.82, 2.24) is 0 Å². The first-order valence-corrected chi connectivity index (χ1v) is 6.01. The maximum atomic E-state index is 13.8. The smallest absolute Gasteiger partial charge is 0.131 e. The Morgan fingerprint density at radius 1 is 1.41 bits per heavy atom. The van der Waals surface area contributed by atoms with Crippen molar-refractivity contribution >= 4 is 5.69 Å². The molecule has 0 amide bonds. The van der Waals surface area contributed by atoms with Gasteiger partial charge in [0.25, 0.3) is 0 Å². The summed E-state index contributed by atoms with van der Waals surface area (Å²) in [6.45, 7) is 7.89. The van der Waals surface area contributed by atoms with Gasteiger partial charge in [-0.15, -0.1) is 0 Å². The zero-order chi connectivity index (χ0) is 13.2. The van der Waals surface area contributed by atoms with Crippen LogP contribution in [0.15, 0.2) is 18.2 Å². The molecule has 1 N–H and O–H groups in total. The summed E-state index contributed by atoms with van der Waals surface area (Å²) in [6, 6.07) is 4.92. The van der Waals surface area contributed by atoms with Crippen LogP contribution in [0.2, 0.25) is 0 Å². The summed E-state index contributed by atoms with van der Waals surface area (Å²) in [5, 5.41) is 9.71. The molecule has 3 heteroatoms. The topological polar surface area (TPSA) is 23.5 Å². The molecule has 1 atom stereocenters. The highest BCUT2D eigenvalue weighted by atomic mass is 19.1. The number of aliphatic hydroxyl groups is 1. The number of benzene rings is 1. The summed E-state index contributed by atoms with van der Waals surface area (Å²) in [5.41, 5.74) is 1.06. The molecule has 0 saturated carbocycles. The Morgan fingerprint density at radius 2 is 2.00 bits per heavy atom. The minimum absolute atomic E-state index is 0.0720. The summed E-state index contributed by atoms with van der Waals surface area (Å²) in [6.07, 6.45) is 0.139. The summed E-state index contributed by atoms with van der Waals surface area (Å²) in [4.78, 5) is 2.03. The van der Waals surface area contributed by atoms with E-state index in [1.54, 1.807) is 13.0 Å². The zero-order valence-corrected chi connectivity index (χ0v) is 11.3. The molecule has 0 saturated heterocycles. The van der Waals surface area contributed by atoms with Gasteiger partial charge in [-0.05, 0) is 39.3 Å². The van der Waals surface area contributed by atoms with E-state index >= 15 is 0 Å². The number of rotatable bonds is 4. The maximum absolute atomic E-state index is 13.8. The van der Waals surface area contributed by atoms with Gasteiger partial charge in [0.15, 0.2) is 0 Å². The molecule has 0 spiro atoms. The van der Waals surface area contributed by atoms with E-state index in [4.69, 9.17) is 0 Å². The molecule has 0 radical (unpaired) electrons. The molecule has 0 aliphatic carbocycles. The van der Waals surface area contributed by atoms with Crippen LogP contribution in [0.5, 0.6) is 0 Å². The molecule has 17 heavy (non-hydrogen) atoms. The van der Waals surface area contributed by atoms with Gasteiger partial charge in [-0.25, -0.2) is 4.39 Å². The molecule has 0 aromatic heterocycles. The Hall–Kier alpha value is -1.09. The van der Waals surface area contributed by atoms with Crippen LogP contribution in [0.1, 0.15) is 45.8 Å². The van der Waals surface area contributed by atoms with Gasteiger partial charge in [0, 0.05) is 23.8 Å². The van der Waals surface area contributed by atoms with Crippen LogP contribution in [-0.4, -0.2) is 17.7 Å². The zero-order valence-electron chi connectivity index (χ0n) is 11.3. The molecule has 1 unspecified atom stereocenters. The van der Waals surface area contributed by atoms with Crippen LogP contribution >= 0.6 is 0 Å². The fourth-order valence-corrected chi connectivity index (χ4v) is 1.79. The predicted molar refractivity (Wildman–Crippen MR) is 69.8 cm³/mol. The Labute approximate surface area is 103 Å². The quantitative estimate of drug-likeness (QED) is 0.869. The molecule has 2 nitrogen and oxygen atoms in total. The fraction of sp³-hybridized carbons (Fsp3) is 0.571. The summed E-state index contributed by atoms with van der Waals surface area (Å²) in [5.74, 6) is -0.351. The number of hydrogen-bond donors (Lipinski definition) is 1. The first-order valence-electron chi connectivity index (χ1n) is 6.01. The third-order valence-electron chi connectivity index (χ3n) is 3.58. The van der Waals surface area contributed by atoms with Gasteiger partial charge >= 0.3 is 0 Å². The fourth-order valence-electron chi connectivity index (χ4n) is 1.79. The Bertz CT molecular complexity index is 388. The Kier molecular flexibility index (Phi) is 4.15. The van der Waals surface area contributed by atoms with Crippen molar-refractivity contribution in [2.24, 2.45) is 0 Å². The lowest BCUT2D eigenvalue weighted by atomic mass is 9.97.